The molecule has 7 nitrogen and oxygen atoms in total. The third-order valence-electron chi connectivity index (χ3n) is 2.45. The van der Waals surface area contributed by atoms with Crippen LogP contribution in [0.2, 0.25) is 0 Å². The van der Waals surface area contributed by atoms with E-state index in [1.807, 2.05) is 25.3 Å². The van der Waals surface area contributed by atoms with Crippen molar-refractivity contribution in [1.29, 1.82) is 0 Å². The largest absolute Gasteiger partial charge is 0.481 e. The summed E-state index contributed by atoms with van der Waals surface area (Å²) in [4.78, 5) is 14.7. The van der Waals surface area contributed by atoms with Gasteiger partial charge >= 0.3 is 5.97 Å². The maximum atomic E-state index is 10.6. The summed E-state index contributed by atoms with van der Waals surface area (Å²) in [5.41, 5.74) is 0.726. The van der Waals surface area contributed by atoms with Crippen LogP contribution < -0.4 is 0 Å². The number of oxazole rings is 1. The van der Waals surface area contributed by atoms with Gasteiger partial charge in [-0.25, -0.2) is 4.98 Å². The molecule has 0 saturated heterocycles. The summed E-state index contributed by atoms with van der Waals surface area (Å²) in [6, 6.07) is 0.0887. The Kier molecular flexibility index (Phi) is 3.89. The molecule has 8 heteroatoms. The van der Waals surface area contributed by atoms with Gasteiger partial charge in [-0.3, -0.25) is 9.36 Å². The Morgan fingerprint density at radius 3 is 2.79 bits per heavy atom. The van der Waals surface area contributed by atoms with Crippen LogP contribution in [0.4, 0.5) is 0 Å². The summed E-state index contributed by atoms with van der Waals surface area (Å²) in [5, 5.41) is 17.4. The molecule has 0 bridgehead atoms. The van der Waals surface area contributed by atoms with Crippen LogP contribution >= 0.6 is 11.8 Å². The minimum atomic E-state index is -0.888. The Morgan fingerprint density at radius 1 is 1.53 bits per heavy atom. The van der Waals surface area contributed by atoms with Crippen LogP contribution in [0.3, 0.4) is 0 Å². The zero-order valence-electron chi connectivity index (χ0n) is 10.8. The number of nitrogens with zero attached hydrogens (tertiary/aromatic N) is 4. The van der Waals surface area contributed by atoms with E-state index < -0.39 is 5.97 Å². The lowest BCUT2D eigenvalue weighted by Crippen LogP contribution is -2.07. The smallest absolute Gasteiger partial charge is 0.313 e. The first kappa shape index (κ1) is 13.6. The number of hydrogen-bond acceptors (Lipinski definition) is 6. The van der Waals surface area contributed by atoms with E-state index in [1.165, 1.54) is 6.39 Å². The van der Waals surface area contributed by atoms with Gasteiger partial charge in [0.2, 0.25) is 5.82 Å². The van der Waals surface area contributed by atoms with Crippen molar-refractivity contribution in [2.24, 2.45) is 0 Å². The molecule has 0 atom stereocenters. The second kappa shape index (κ2) is 5.43. The van der Waals surface area contributed by atoms with Gasteiger partial charge in [-0.15, -0.1) is 10.2 Å². The average molecular weight is 282 g/mol. The third kappa shape index (κ3) is 2.78. The van der Waals surface area contributed by atoms with Crippen molar-refractivity contribution < 1.29 is 14.3 Å². The molecular weight excluding hydrogens is 268 g/mol. The quantitative estimate of drug-likeness (QED) is 0.838. The first-order valence-corrected chi connectivity index (χ1v) is 6.69. The zero-order chi connectivity index (χ0) is 14.0. The Balaban J connectivity index is 2.40. The summed E-state index contributed by atoms with van der Waals surface area (Å²) < 4.78 is 7.17. The minimum Gasteiger partial charge on any atom is -0.481 e. The topological polar surface area (TPSA) is 94.0 Å². The van der Waals surface area contributed by atoms with Gasteiger partial charge in [-0.05, 0) is 20.8 Å². The maximum absolute atomic E-state index is 10.6. The van der Waals surface area contributed by atoms with Crippen LogP contribution in [0, 0.1) is 6.92 Å². The van der Waals surface area contributed by atoms with Gasteiger partial charge in [0, 0.05) is 6.04 Å². The van der Waals surface area contributed by atoms with Gasteiger partial charge < -0.3 is 9.52 Å². The maximum Gasteiger partial charge on any atom is 0.313 e. The third-order valence-corrected chi connectivity index (χ3v) is 3.38. The average Bonchev–Trinajstić information content (AvgIpc) is 2.91. The molecule has 0 amide bonds. The lowest BCUT2D eigenvalue weighted by molar-refractivity contribution is -0.133. The first-order valence-electron chi connectivity index (χ1n) is 5.70. The van der Waals surface area contributed by atoms with Gasteiger partial charge in [-0.2, -0.15) is 0 Å². The van der Waals surface area contributed by atoms with Crippen LogP contribution in [0.1, 0.15) is 25.6 Å². The van der Waals surface area contributed by atoms with Crippen LogP contribution in [0.25, 0.3) is 11.6 Å². The monoisotopic (exact) mass is 282 g/mol. The van der Waals surface area contributed by atoms with Crippen molar-refractivity contribution >= 4 is 17.7 Å². The molecule has 0 spiro atoms. The molecule has 0 aliphatic rings. The summed E-state index contributed by atoms with van der Waals surface area (Å²) in [7, 11) is 0. The molecular formula is C11H14N4O3S. The number of carbonyl (C=O) groups is 1. The predicted octanol–water partition coefficient (Wildman–Crippen LogP) is 2.00. The van der Waals surface area contributed by atoms with Crippen LogP contribution in [-0.4, -0.2) is 36.6 Å². The fourth-order valence-corrected chi connectivity index (χ4v) is 2.43. The minimum absolute atomic E-state index is 0.0553. The molecule has 0 aromatic carbocycles. The van der Waals surface area contributed by atoms with Crippen molar-refractivity contribution in [2.75, 3.05) is 5.75 Å². The highest BCUT2D eigenvalue weighted by Crippen LogP contribution is 2.28. The number of hydrogen-bond donors (Lipinski definition) is 1. The summed E-state index contributed by atoms with van der Waals surface area (Å²) >= 11 is 1.14. The fraction of sp³-hybridized carbons (Fsp3) is 0.455. The standard InChI is InChI=1S/C11H14N4O3S/c1-6(2)15-10(9-7(3)12-5-18-9)13-14-11(15)19-4-8(16)17/h5-6H,4H2,1-3H3,(H,16,17). The number of thioether (sulfide) groups is 1. The zero-order valence-corrected chi connectivity index (χ0v) is 11.6. The van der Waals surface area contributed by atoms with E-state index in [0.717, 1.165) is 17.5 Å². The van der Waals surface area contributed by atoms with E-state index in [4.69, 9.17) is 9.52 Å². The molecule has 0 unspecified atom stereocenters. The molecule has 0 saturated carbocycles. The van der Waals surface area contributed by atoms with Crippen LogP contribution in [-0.2, 0) is 4.79 Å². The molecule has 2 aromatic heterocycles. The van der Waals surface area contributed by atoms with Gasteiger partial charge in [0.05, 0.1) is 11.4 Å². The van der Waals surface area contributed by atoms with E-state index in [2.05, 4.69) is 15.2 Å². The SMILES string of the molecule is Cc1ncoc1-c1nnc(SCC(=O)O)n1C(C)C. The lowest BCUT2D eigenvalue weighted by Gasteiger charge is -2.12. The van der Waals surface area contributed by atoms with Crippen molar-refractivity contribution in [2.45, 2.75) is 32.0 Å². The molecule has 1 N–H and O–H groups in total. The highest BCUT2D eigenvalue weighted by Gasteiger charge is 2.21. The Hall–Kier alpha value is -1.83. The van der Waals surface area contributed by atoms with E-state index in [0.29, 0.717) is 16.7 Å². The van der Waals surface area contributed by atoms with Gasteiger partial charge in [-0.1, -0.05) is 11.8 Å². The Labute approximate surface area is 114 Å². The van der Waals surface area contributed by atoms with E-state index in [1.54, 1.807) is 0 Å². The van der Waals surface area contributed by atoms with Crippen molar-refractivity contribution in [1.82, 2.24) is 19.7 Å². The van der Waals surface area contributed by atoms with E-state index in [-0.39, 0.29) is 11.8 Å². The van der Waals surface area contributed by atoms with E-state index >= 15 is 0 Å². The number of carboxylic acid groups (broad SMARTS) is 1. The molecule has 2 heterocycles. The molecule has 102 valence electrons. The number of rotatable bonds is 5. The molecule has 0 fully saturated rings. The van der Waals surface area contributed by atoms with Crippen LogP contribution in [0.5, 0.6) is 0 Å². The Morgan fingerprint density at radius 2 is 2.26 bits per heavy atom. The van der Waals surface area contributed by atoms with Gasteiger partial charge in [0.25, 0.3) is 0 Å². The fourth-order valence-electron chi connectivity index (χ4n) is 1.64. The molecule has 0 aliphatic carbocycles. The number of carboxylic acids is 1. The first-order chi connectivity index (χ1) is 9.00. The highest BCUT2D eigenvalue weighted by atomic mass is 32.2. The molecule has 0 radical (unpaired) electrons. The van der Waals surface area contributed by atoms with Crippen molar-refractivity contribution in [3.8, 4) is 11.6 Å². The van der Waals surface area contributed by atoms with Crippen molar-refractivity contribution in [3.63, 3.8) is 0 Å². The second-order valence-corrected chi connectivity index (χ2v) is 5.16. The Bertz CT molecular complexity index is 591. The van der Waals surface area contributed by atoms with E-state index in [9.17, 15) is 4.79 Å². The number of aromatic nitrogens is 4. The molecule has 2 rings (SSSR count). The predicted molar refractivity (Wildman–Crippen MR) is 69.0 cm³/mol. The summed E-state index contributed by atoms with van der Waals surface area (Å²) in [6.07, 6.45) is 1.36. The lowest BCUT2D eigenvalue weighted by atomic mass is 10.3. The highest BCUT2D eigenvalue weighted by molar-refractivity contribution is 7.99. The number of aryl methyl sites for hydroxylation is 1. The molecule has 0 aliphatic heterocycles. The van der Waals surface area contributed by atoms with Gasteiger partial charge in [0.15, 0.2) is 17.3 Å². The summed E-state index contributed by atoms with van der Waals surface area (Å²) in [5.74, 6) is 0.183. The normalized spacial score (nSPS) is 11.2. The van der Waals surface area contributed by atoms with Crippen molar-refractivity contribution in [3.05, 3.63) is 12.1 Å². The van der Waals surface area contributed by atoms with Gasteiger partial charge in [0.1, 0.15) is 0 Å². The van der Waals surface area contributed by atoms with Crippen LogP contribution in [0.15, 0.2) is 16.0 Å². The second-order valence-electron chi connectivity index (χ2n) is 4.22. The number of aliphatic carboxylic acids is 1. The molecule has 19 heavy (non-hydrogen) atoms. The molecule has 2 aromatic rings. The summed E-state index contributed by atoms with van der Waals surface area (Å²) in [6.45, 7) is 5.77.